The summed E-state index contributed by atoms with van der Waals surface area (Å²) < 4.78 is 1.88. The summed E-state index contributed by atoms with van der Waals surface area (Å²) in [6, 6.07) is 30.2. The van der Waals surface area contributed by atoms with Crippen LogP contribution in [0, 0.1) is 13.8 Å². The van der Waals surface area contributed by atoms with Crippen LogP contribution in [0.4, 0.5) is 0 Å². The molecule has 4 nitrogen and oxygen atoms in total. The van der Waals surface area contributed by atoms with Gasteiger partial charge in [-0.3, -0.25) is 4.79 Å². The van der Waals surface area contributed by atoms with Gasteiger partial charge in [-0.25, -0.2) is 4.79 Å². The van der Waals surface area contributed by atoms with E-state index >= 15 is 0 Å². The number of benzene rings is 4. The summed E-state index contributed by atoms with van der Waals surface area (Å²) in [7, 11) is 0. The minimum Gasteiger partial charge on any atom is -0.477 e. The summed E-state index contributed by atoms with van der Waals surface area (Å²) in [5, 5.41) is 10.2. The van der Waals surface area contributed by atoms with Gasteiger partial charge in [-0.2, -0.15) is 0 Å². The van der Waals surface area contributed by atoms with Gasteiger partial charge in [0.15, 0.2) is 0 Å². The van der Waals surface area contributed by atoms with Gasteiger partial charge in [0.05, 0.1) is 5.52 Å². The summed E-state index contributed by atoms with van der Waals surface area (Å²) in [4.78, 5) is 25.2. The summed E-state index contributed by atoms with van der Waals surface area (Å²) in [5.74, 6) is -1.22. The van der Waals surface area contributed by atoms with Crippen LogP contribution in [0.25, 0.3) is 22.0 Å². The van der Waals surface area contributed by atoms with Crippen molar-refractivity contribution in [3.8, 4) is 11.1 Å². The van der Waals surface area contributed by atoms with Gasteiger partial charge in [-0.05, 0) is 71.3 Å². The number of aromatic carboxylic acids is 1. The summed E-state index contributed by atoms with van der Waals surface area (Å²) in [6.45, 7) is 4.63. The average molecular weight is 474 g/mol. The zero-order valence-corrected chi connectivity index (χ0v) is 20.4. The fraction of sp³-hybridized carbons (Fsp3) is 0.125. The zero-order valence-electron chi connectivity index (χ0n) is 20.4. The molecule has 0 unspecified atom stereocenters. The lowest BCUT2D eigenvalue weighted by molar-refractivity contribution is 0.0695. The first kappa shape index (κ1) is 23.3. The van der Waals surface area contributed by atoms with Gasteiger partial charge in [-0.1, -0.05) is 78.9 Å². The maximum Gasteiger partial charge on any atom is 0.341 e. The molecule has 0 saturated carbocycles. The Morgan fingerprint density at radius 3 is 2.33 bits per heavy atom. The van der Waals surface area contributed by atoms with Gasteiger partial charge in [0, 0.05) is 18.1 Å². The molecule has 1 N–H and O–H groups in total. The van der Waals surface area contributed by atoms with Crippen LogP contribution in [0.2, 0.25) is 0 Å². The van der Waals surface area contributed by atoms with E-state index in [2.05, 4.69) is 44.2 Å². The molecule has 5 aromatic rings. The van der Waals surface area contributed by atoms with Crippen LogP contribution in [0.5, 0.6) is 0 Å². The third kappa shape index (κ3) is 4.46. The quantitative estimate of drug-likeness (QED) is 0.301. The highest BCUT2D eigenvalue weighted by molar-refractivity contribution is 5.92. The molecule has 0 aliphatic rings. The van der Waals surface area contributed by atoms with Crippen LogP contribution in [0.15, 0.2) is 102 Å². The average Bonchev–Trinajstić information content (AvgIpc) is 2.89. The Kier molecular flexibility index (Phi) is 6.26. The van der Waals surface area contributed by atoms with E-state index < -0.39 is 11.4 Å². The number of carbonyl (C=O) groups is 1. The van der Waals surface area contributed by atoms with Crippen molar-refractivity contribution in [2.45, 2.75) is 26.8 Å². The number of fused-ring (bicyclic) bond motifs is 1. The first-order chi connectivity index (χ1) is 17.4. The van der Waals surface area contributed by atoms with E-state index in [1.54, 1.807) is 0 Å². The molecule has 4 heteroatoms. The lowest BCUT2D eigenvalue weighted by atomic mass is 9.96. The Hall–Kier alpha value is -4.44. The Morgan fingerprint density at radius 2 is 1.56 bits per heavy atom. The molecule has 0 aliphatic carbocycles. The van der Waals surface area contributed by atoms with Crippen LogP contribution in [0.3, 0.4) is 0 Å². The number of carboxylic acids is 1. The van der Waals surface area contributed by atoms with E-state index in [9.17, 15) is 14.7 Å². The van der Waals surface area contributed by atoms with Crippen molar-refractivity contribution in [1.29, 1.82) is 0 Å². The van der Waals surface area contributed by atoms with Crippen LogP contribution in [0.1, 0.15) is 38.2 Å². The van der Waals surface area contributed by atoms with Crippen LogP contribution in [-0.4, -0.2) is 15.6 Å². The highest BCUT2D eigenvalue weighted by Gasteiger charge is 2.16. The van der Waals surface area contributed by atoms with E-state index in [1.807, 2.05) is 65.2 Å². The second-order valence-electron chi connectivity index (χ2n) is 9.22. The van der Waals surface area contributed by atoms with Crippen LogP contribution in [-0.2, 0) is 13.0 Å². The number of aryl methyl sites for hydroxylation is 1. The van der Waals surface area contributed by atoms with Crippen LogP contribution >= 0.6 is 0 Å². The maximum atomic E-state index is 13.2. The monoisotopic (exact) mass is 473 g/mol. The molecule has 0 spiro atoms. The molecule has 0 atom stereocenters. The predicted molar refractivity (Wildman–Crippen MR) is 145 cm³/mol. The second kappa shape index (κ2) is 9.67. The number of hydrogen-bond donors (Lipinski definition) is 1. The van der Waals surface area contributed by atoms with Crippen molar-refractivity contribution in [1.82, 2.24) is 4.57 Å². The number of hydrogen-bond acceptors (Lipinski definition) is 2. The molecule has 0 radical (unpaired) electrons. The van der Waals surface area contributed by atoms with Gasteiger partial charge >= 0.3 is 5.97 Å². The third-order valence-electron chi connectivity index (χ3n) is 6.93. The molecule has 0 fully saturated rings. The van der Waals surface area contributed by atoms with Crippen molar-refractivity contribution in [2.75, 3.05) is 0 Å². The molecule has 1 aromatic heterocycles. The van der Waals surface area contributed by atoms with Gasteiger partial charge in [0.2, 0.25) is 5.43 Å². The third-order valence-corrected chi connectivity index (χ3v) is 6.93. The number of rotatable bonds is 6. The molecule has 1 heterocycles. The minimum absolute atomic E-state index is 0.219. The van der Waals surface area contributed by atoms with Crippen molar-refractivity contribution < 1.29 is 9.90 Å². The highest BCUT2D eigenvalue weighted by Crippen LogP contribution is 2.26. The lowest BCUT2D eigenvalue weighted by Gasteiger charge is -2.16. The fourth-order valence-electron chi connectivity index (χ4n) is 4.80. The summed E-state index contributed by atoms with van der Waals surface area (Å²) in [5.41, 5.74) is 7.89. The molecule has 0 aliphatic heterocycles. The summed E-state index contributed by atoms with van der Waals surface area (Å²) in [6.07, 6.45) is 2.15. The lowest BCUT2D eigenvalue weighted by Crippen LogP contribution is -2.19. The number of aromatic nitrogens is 1. The zero-order chi connectivity index (χ0) is 25.2. The van der Waals surface area contributed by atoms with Crippen molar-refractivity contribution in [3.05, 3.63) is 141 Å². The Labute approximate surface area is 210 Å². The van der Waals surface area contributed by atoms with Gasteiger partial charge in [0.1, 0.15) is 5.56 Å². The van der Waals surface area contributed by atoms with E-state index in [4.69, 9.17) is 0 Å². The Balaban J connectivity index is 1.63. The van der Waals surface area contributed by atoms with E-state index in [1.165, 1.54) is 22.9 Å². The molecular weight excluding hydrogens is 446 g/mol. The van der Waals surface area contributed by atoms with Crippen molar-refractivity contribution >= 4 is 16.9 Å². The molecule has 4 aromatic carbocycles. The largest absolute Gasteiger partial charge is 0.477 e. The van der Waals surface area contributed by atoms with E-state index in [0.717, 1.165) is 27.8 Å². The van der Waals surface area contributed by atoms with Crippen LogP contribution < -0.4 is 5.43 Å². The number of pyridine rings is 1. The molecule has 0 saturated heterocycles. The fourth-order valence-corrected chi connectivity index (χ4v) is 4.80. The molecule has 0 amide bonds. The predicted octanol–water partition coefficient (Wildman–Crippen LogP) is 6.62. The van der Waals surface area contributed by atoms with Gasteiger partial charge < -0.3 is 9.67 Å². The minimum atomic E-state index is -1.22. The smallest absolute Gasteiger partial charge is 0.341 e. The normalized spacial score (nSPS) is 11.1. The first-order valence-corrected chi connectivity index (χ1v) is 12.0. The number of nitrogens with zero attached hydrogens (tertiary/aromatic N) is 1. The van der Waals surface area contributed by atoms with Crippen molar-refractivity contribution in [2.24, 2.45) is 0 Å². The summed E-state index contributed by atoms with van der Waals surface area (Å²) >= 11 is 0. The Morgan fingerprint density at radius 1 is 0.833 bits per heavy atom. The molecule has 5 rings (SSSR count). The molecule has 36 heavy (non-hydrogen) atoms. The highest BCUT2D eigenvalue weighted by atomic mass is 16.4. The van der Waals surface area contributed by atoms with E-state index in [-0.39, 0.29) is 5.56 Å². The topological polar surface area (TPSA) is 59.3 Å². The standard InChI is InChI=1S/C32H27NO3/c1-21-9-8-13-25(22(21)2)17-23-15-16-30-28(18-23)31(34)29(32(35)36)20-33(30)19-26-12-6-7-14-27(26)24-10-4-3-5-11-24/h3-16,18,20H,17,19H2,1-2H3,(H,35,36). The second-order valence-corrected chi connectivity index (χ2v) is 9.22. The SMILES string of the molecule is Cc1cccc(Cc2ccc3c(c2)c(=O)c(C(=O)O)cn3Cc2ccccc2-c2ccccc2)c1C. The van der Waals surface area contributed by atoms with E-state index in [0.29, 0.717) is 18.4 Å². The molecule has 178 valence electrons. The van der Waals surface area contributed by atoms with Gasteiger partial charge in [0.25, 0.3) is 0 Å². The van der Waals surface area contributed by atoms with Crippen molar-refractivity contribution in [3.63, 3.8) is 0 Å². The number of carboxylic acid groups (broad SMARTS) is 1. The maximum absolute atomic E-state index is 13.2. The van der Waals surface area contributed by atoms with Gasteiger partial charge in [-0.15, -0.1) is 0 Å². The first-order valence-electron chi connectivity index (χ1n) is 12.0. The molecular formula is C32H27NO3. The molecule has 0 bridgehead atoms. The Bertz CT molecular complexity index is 1650.